The first-order valence-electron chi connectivity index (χ1n) is 8.34. The lowest BCUT2D eigenvalue weighted by Gasteiger charge is -2.27. The highest BCUT2D eigenvalue weighted by atomic mass is 32.1. The lowest BCUT2D eigenvalue weighted by atomic mass is 9.94. The summed E-state index contributed by atoms with van der Waals surface area (Å²) in [4.78, 5) is 24.9. The molecule has 130 valence electrons. The monoisotopic (exact) mass is 347 g/mol. The summed E-state index contributed by atoms with van der Waals surface area (Å²) in [6.07, 6.45) is 3.56. The molecule has 0 aliphatic carbocycles. The molecule has 0 saturated carbocycles. The van der Waals surface area contributed by atoms with Gasteiger partial charge in [0.05, 0.1) is 12.2 Å². The van der Waals surface area contributed by atoms with E-state index in [9.17, 15) is 4.79 Å². The van der Waals surface area contributed by atoms with E-state index in [1.807, 2.05) is 15.7 Å². The molecule has 0 bridgehead atoms. The van der Waals surface area contributed by atoms with Gasteiger partial charge in [-0.15, -0.1) is 11.3 Å². The maximum Gasteiger partial charge on any atom is 0.289 e. The minimum Gasteiger partial charge on any atom is -0.333 e. The average molecular weight is 347 g/mol. The van der Waals surface area contributed by atoms with Crippen LogP contribution >= 0.6 is 11.3 Å². The Morgan fingerprint density at radius 3 is 2.67 bits per heavy atom. The molecule has 1 saturated heterocycles. The van der Waals surface area contributed by atoms with Crippen molar-refractivity contribution in [2.45, 2.75) is 39.7 Å². The predicted molar refractivity (Wildman–Crippen MR) is 95.7 cm³/mol. The van der Waals surface area contributed by atoms with Gasteiger partial charge in [-0.25, -0.2) is 9.97 Å². The highest BCUT2D eigenvalue weighted by Gasteiger charge is 2.24. The SMILES string of the molecule is Cc1nc(Cn2ccnc2C(=O)N2CCNCC2)sc1C(C)(C)C. The third-order valence-electron chi connectivity index (χ3n) is 4.14. The fraction of sp³-hybridized carbons (Fsp3) is 0.588. The molecule has 0 aromatic carbocycles. The second kappa shape index (κ2) is 6.64. The van der Waals surface area contributed by atoms with E-state index < -0.39 is 0 Å². The molecular formula is C17H25N5OS. The van der Waals surface area contributed by atoms with E-state index in [2.05, 4.69) is 38.0 Å². The summed E-state index contributed by atoms with van der Waals surface area (Å²) in [5.41, 5.74) is 1.17. The number of nitrogens with zero attached hydrogens (tertiary/aromatic N) is 4. The number of imidazole rings is 1. The summed E-state index contributed by atoms with van der Waals surface area (Å²) in [5.74, 6) is 0.507. The molecule has 2 aromatic rings. The van der Waals surface area contributed by atoms with E-state index >= 15 is 0 Å². The topological polar surface area (TPSA) is 63.1 Å². The van der Waals surface area contributed by atoms with Crippen molar-refractivity contribution in [3.63, 3.8) is 0 Å². The van der Waals surface area contributed by atoms with Gasteiger partial charge in [0.2, 0.25) is 0 Å². The van der Waals surface area contributed by atoms with Gasteiger partial charge in [0, 0.05) is 43.4 Å². The van der Waals surface area contributed by atoms with Crippen molar-refractivity contribution in [1.82, 2.24) is 24.8 Å². The molecule has 2 aromatic heterocycles. The van der Waals surface area contributed by atoms with E-state index in [0.717, 1.165) is 36.9 Å². The molecule has 0 spiro atoms. The van der Waals surface area contributed by atoms with Gasteiger partial charge in [-0.05, 0) is 12.3 Å². The number of aromatic nitrogens is 3. The first-order chi connectivity index (χ1) is 11.4. The first-order valence-corrected chi connectivity index (χ1v) is 9.16. The first kappa shape index (κ1) is 17.1. The summed E-state index contributed by atoms with van der Waals surface area (Å²) < 4.78 is 1.91. The second-order valence-electron chi connectivity index (χ2n) is 7.19. The van der Waals surface area contributed by atoms with Crippen molar-refractivity contribution in [3.8, 4) is 0 Å². The van der Waals surface area contributed by atoms with Crippen molar-refractivity contribution >= 4 is 17.2 Å². The third kappa shape index (κ3) is 3.52. The maximum absolute atomic E-state index is 12.7. The second-order valence-corrected chi connectivity index (χ2v) is 8.28. The fourth-order valence-electron chi connectivity index (χ4n) is 3.01. The zero-order chi connectivity index (χ0) is 17.3. The molecule has 7 heteroatoms. The summed E-state index contributed by atoms with van der Waals surface area (Å²) in [5, 5.41) is 4.28. The van der Waals surface area contributed by atoms with Gasteiger partial charge >= 0.3 is 0 Å². The molecule has 6 nitrogen and oxygen atoms in total. The van der Waals surface area contributed by atoms with E-state index in [-0.39, 0.29) is 11.3 Å². The Hall–Kier alpha value is -1.73. The van der Waals surface area contributed by atoms with E-state index in [4.69, 9.17) is 4.98 Å². The van der Waals surface area contributed by atoms with Crippen molar-refractivity contribution in [3.05, 3.63) is 33.8 Å². The van der Waals surface area contributed by atoms with Crippen LogP contribution in [-0.4, -0.2) is 51.5 Å². The third-order valence-corrected chi connectivity index (χ3v) is 5.71. The van der Waals surface area contributed by atoms with Crippen LogP contribution in [0.25, 0.3) is 0 Å². The Bertz CT molecular complexity index is 722. The van der Waals surface area contributed by atoms with E-state index in [1.165, 1.54) is 4.88 Å². The number of piperazine rings is 1. The molecule has 1 fully saturated rings. The van der Waals surface area contributed by atoms with Crippen molar-refractivity contribution < 1.29 is 4.79 Å². The largest absolute Gasteiger partial charge is 0.333 e. The van der Waals surface area contributed by atoms with Crippen LogP contribution < -0.4 is 5.32 Å². The molecular weight excluding hydrogens is 322 g/mol. The molecule has 1 amide bonds. The molecule has 1 aliphatic rings. The van der Waals surface area contributed by atoms with E-state index in [1.54, 1.807) is 17.5 Å². The number of hydrogen-bond donors (Lipinski definition) is 1. The zero-order valence-corrected chi connectivity index (χ0v) is 15.6. The standard InChI is InChI=1S/C17H25N5OS/c1-12-14(17(2,3)4)24-13(20-12)11-22-10-7-19-15(22)16(23)21-8-5-18-6-9-21/h7,10,18H,5-6,8-9,11H2,1-4H3. The Kier molecular flexibility index (Phi) is 4.73. The highest BCUT2D eigenvalue weighted by Crippen LogP contribution is 2.31. The normalized spacial score (nSPS) is 15.8. The van der Waals surface area contributed by atoms with Gasteiger partial charge in [-0.3, -0.25) is 4.79 Å². The molecule has 3 heterocycles. The van der Waals surface area contributed by atoms with E-state index in [0.29, 0.717) is 12.4 Å². The Labute approximate surface area is 146 Å². The molecule has 0 radical (unpaired) electrons. The summed E-state index contributed by atoms with van der Waals surface area (Å²) in [6, 6.07) is 0. The number of hydrogen-bond acceptors (Lipinski definition) is 5. The maximum atomic E-state index is 12.7. The summed E-state index contributed by atoms with van der Waals surface area (Å²) in [7, 11) is 0. The molecule has 24 heavy (non-hydrogen) atoms. The van der Waals surface area contributed by atoms with Gasteiger partial charge in [0.25, 0.3) is 5.91 Å². The van der Waals surface area contributed by atoms with Crippen LogP contribution in [-0.2, 0) is 12.0 Å². The van der Waals surface area contributed by atoms with Crippen molar-refractivity contribution in [1.29, 1.82) is 0 Å². The zero-order valence-electron chi connectivity index (χ0n) is 14.8. The number of carbonyl (C=O) groups excluding carboxylic acids is 1. The molecule has 0 atom stereocenters. The summed E-state index contributed by atoms with van der Waals surface area (Å²) in [6.45, 7) is 12.4. The molecule has 0 unspecified atom stereocenters. The molecule has 1 N–H and O–H groups in total. The Morgan fingerprint density at radius 2 is 2.04 bits per heavy atom. The highest BCUT2D eigenvalue weighted by molar-refractivity contribution is 7.11. The van der Waals surface area contributed by atoms with Crippen LogP contribution in [0.1, 0.15) is 47.0 Å². The minimum absolute atomic E-state index is 0.00539. The van der Waals surface area contributed by atoms with Gasteiger partial charge in [-0.2, -0.15) is 0 Å². The summed E-state index contributed by atoms with van der Waals surface area (Å²) >= 11 is 1.73. The van der Waals surface area contributed by atoms with Crippen molar-refractivity contribution in [2.75, 3.05) is 26.2 Å². The smallest absolute Gasteiger partial charge is 0.289 e. The van der Waals surface area contributed by atoms with Gasteiger partial charge in [0.15, 0.2) is 5.82 Å². The molecule has 1 aliphatic heterocycles. The Morgan fingerprint density at radius 1 is 1.33 bits per heavy atom. The average Bonchev–Trinajstić information content (AvgIpc) is 3.14. The van der Waals surface area contributed by atoms with Gasteiger partial charge in [0.1, 0.15) is 5.01 Å². The van der Waals surface area contributed by atoms with Gasteiger partial charge in [-0.1, -0.05) is 20.8 Å². The van der Waals surface area contributed by atoms with Crippen LogP contribution in [0.15, 0.2) is 12.4 Å². The lowest BCUT2D eigenvalue weighted by molar-refractivity contribution is 0.0719. The number of nitrogens with one attached hydrogen (secondary N) is 1. The number of aryl methyl sites for hydroxylation is 1. The van der Waals surface area contributed by atoms with Crippen LogP contribution in [0, 0.1) is 6.92 Å². The van der Waals surface area contributed by atoms with Crippen LogP contribution in [0.4, 0.5) is 0 Å². The van der Waals surface area contributed by atoms with Crippen LogP contribution in [0.5, 0.6) is 0 Å². The van der Waals surface area contributed by atoms with Crippen LogP contribution in [0.2, 0.25) is 0 Å². The number of amides is 1. The Balaban J connectivity index is 1.80. The van der Waals surface area contributed by atoms with Crippen LogP contribution in [0.3, 0.4) is 0 Å². The number of thiazole rings is 1. The number of rotatable bonds is 3. The fourth-order valence-corrected chi connectivity index (χ4v) is 4.13. The van der Waals surface area contributed by atoms with Gasteiger partial charge < -0.3 is 14.8 Å². The predicted octanol–water partition coefficient (Wildman–Crippen LogP) is 2.04. The molecule has 3 rings (SSSR count). The lowest BCUT2D eigenvalue weighted by Crippen LogP contribution is -2.47. The van der Waals surface area contributed by atoms with Crippen molar-refractivity contribution in [2.24, 2.45) is 0 Å². The number of carbonyl (C=O) groups is 1. The minimum atomic E-state index is 0.00539. The quantitative estimate of drug-likeness (QED) is 0.923.